The highest BCUT2D eigenvalue weighted by molar-refractivity contribution is 7.86. The summed E-state index contributed by atoms with van der Waals surface area (Å²) in [4.78, 5) is 10.5. The number of thiol groups is 1. The molecule has 0 aromatic carbocycles. The van der Waals surface area contributed by atoms with E-state index in [2.05, 4.69) is 17.9 Å². The number of hydrogen-bond acceptors (Lipinski definition) is 5. The second-order valence-electron chi connectivity index (χ2n) is 2.65. The molecule has 0 radical (unpaired) electrons. The molecule has 0 saturated carbocycles. The van der Waals surface area contributed by atoms with E-state index in [1.54, 1.807) is 0 Å². The molecule has 84 valence electrons. The summed E-state index contributed by atoms with van der Waals surface area (Å²) < 4.78 is 30.1. The van der Waals surface area contributed by atoms with Crippen LogP contribution in [0.4, 0.5) is 0 Å². The van der Waals surface area contributed by atoms with Crippen LogP contribution in [-0.2, 0) is 14.9 Å². The Labute approximate surface area is 87.9 Å². The summed E-state index contributed by atoms with van der Waals surface area (Å²) in [7, 11) is -4.26. The fourth-order valence-electron chi connectivity index (χ4n) is 0.841. The van der Waals surface area contributed by atoms with Gasteiger partial charge in [0.1, 0.15) is 11.4 Å². The monoisotopic (exact) mass is 243 g/mol. The topological polar surface area (TPSA) is 104 Å². The molecule has 2 atom stereocenters. The van der Waals surface area contributed by atoms with Crippen molar-refractivity contribution >= 4 is 28.7 Å². The maximum atomic E-state index is 10.7. The van der Waals surface area contributed by atoms with Crippen LogP contribution in [0.25, 0.3) is 0 Å². The summed E-state index contributed by atoms with van der Waals surface area (Å²) in [6.07, 6.45) is 0.0798. The van der Waals surface area contributed by atoms with Gasteiger partial charge in [-0.3, -0.25) is 14.7 Å². The zero-order valence-electron chi connectivity index (χ0n) is 7.54. The fraction of sp³-hybridized carbons (Fsp3) is 0.833. The van der Waals surface area contributed by atoms with Crippen molar-refractivity contribution in [3.63, 3.8) is 0 Å². The molecule has 0 aliphatic carbocycles. The standard InChI is InChI=1S/C6H13NO5S2/c1-2-5(14(10,11)12)7-4(3-13)6(8)9/h4-5,7,13H,2-3H2,1H3,(H,8,9)(H,10,11,12)/t4-,5?/m0/s1. The summed E-state index contributed by atoms with van der Waals surface area (Å²) in [5.41, 5.74) is 0. The molecule has 3 N–H and O–H groups in total. The summed E-state index contributed by atoms with van der Waals surface area (Å²) in [6, 6.07) is -1.09. The van der Waals surface area contributed by atoms with Gasteiger partial charge in [-0.1, -0.05) is 6.92 Å². The second kappa shape index (κ2) is 5.54. The van der Waals surface area contributed by atoms with Crippen molar-refractivity contribution in [3.8, 4) is 0 Å². The maximum absolute atomic E-state index is 10.7. The van der Waals surface area contributed by atoms with E-state index in [-0.39, 0.29) is 12.2 Å². The number of rotatable bonds is 6. The van der Waals surface area contributed by atoms with Crippen molar-refractivity contribution in [2.24, 2.45) is 0 Å². The van der Waals surface area contributed by atoms with Gasteiger partial charge in [-0.15, -0.1) is 0 Å². The van der Waals surface area contributed by atoms with Gasteiger partial charge in [-0.25, -0.2) is 0 Å². The van der Waals surface area contributed by atoms with Crippen molar-refractivity contribution in [2.45, 2.75) is 24.8 Å². The molecule has 1 unspecified atom stereocenters. The van der Waals surface area contributed by atoms with Crippen molar-refractivity contribution in [3.05, 3.63) is 0 Å². The van der Waals surface area contributed by atoms with E-state index in [0.717, 1.165) is 0 Å². The average molecular weight is 243 g/mol. The predicted molar refractivity (Wildman–Crippen MR) is 54.0 cm³/mol. The molecule has 0 amide bonds. The normalized spacial score (nSPS) is 16.2. The van der Waals surface area contributed by atoms with E-state index in [1.165, 1.54) is 6.92 Å². The Bertz CT molecular complexity index is 289. The molecule has 0 bridgehead atoms. The lowest BCUT2D eigenvalue weighted by Crippen LogP contribution is -2.47. The van der Waals surface area contributed by atoms with Crippen LogP contribution in [0.15, 0.2) is 0 Å². The molecule has 8 heteroatoms. The fourth-order valence-corrected chi connectivity index (χ4v) is 1.86. The zero-order chi connectivity index (χ0) is 11.4. The highest BCUT2D eigenvalue weighted by atomic mass is 32.2. The van der Waals surface area contributed by atoms with E-state index in [4.69, 9.17) is 9.66 Å². The molecular weight excluding hydrogens is 230 g/mol. The quantitative estimate of drug-likeness (QED) is 0.373. The zero-order valence-corrected chi connectivity index (χ0v) is 9.25. The number of hydrogen-bond donors (Lipinski definition) is 4. The van der Waals surface area contributed by atoms with Crippen LogP contribution in [0.2, 0.25) is 0 Å². The first-order valence-electron chi connectivity index (χ1n) is 3.89. The number of carbonyl (C=O) groups is 1. The van der Waals surface area contributed by atoms with Crippen LogP contribution in [0, 0.1) is 0 Å². The van der Waals surface area contributed by atoms with Crippen LogP contribution in [0.5, 0.6) is 0 Å². The predicted octanol–water partition coefficient (Wildman–Crippen LogP) is -0.417. The molecule has 0 aromatic rings. The first-order chi connectivity index (χ1) is 6.32. The minimum atomic E-state index is -4.26. The number of carboxylic acid groups (broad SMARTS) is 1. The maximum Gasteiger partial charge on any atom is 0.321 e. The molecule has 0 rings (SSSR count). The Balaban J connectivity index is 4.53. The highest BCUT2D eigenvalue weighted by Gasteiger charge is 2.26. The molecule has 0 spiro atoms. The van der Waals surface area contributed by atoms with Crippen molar-refractivity contribution in [1.82, 2.24) is 5.32 Å². The third-order valence-corrected chi connectivity index (χ3v) is 3.15. The van der Waals surface area contributed by atoms with Crippen LogP contribution in [0.3, 0.4) is 0 Å². The van der Waals surface area contributed by atoms with Crippen LogP contribution in [-0.4, -0.2) is 41.2 Å². The molecule has 6 nitrogen and oxygen atoms in total. The average Bonchev–Trinajstić information content (AvgIpc) is 2.03. The van der Waals surface area contributed by atoms with Crippen LogP contribution in [0.1, 0.15) is 13.3 Å². The first-order valence-corrected chi connectivity index (χ1v) is 6.02. The van der Waals surface area contributed by atoms with Gasteiger partial charge in [0.05, 0.1) is 0 Å². The van der Waals surface area contributed by atoms with Crippen molar-refractivity contribution in [2.75, 3.05) is 5.75 Å². The summed E-state index contributed by atoms with van der Waals surface area (Å²) >= 11 is 3.74. The van der Waals surface area contributed by atoms with Gasteiger partial charge < -0.3 is 5.11 Å². The smallest absolute Gasteiger partial charge is 0.321 e. The molecule has 0 heterocycles. The summed E-state index contributed by atoms with van der Waals surface area (Å²) in [5, 5.41) is 9.61. The third kappa shape index (κ3) is 4.27. The van der Waals surface area contributed by atoms with Gasteiger partial charge >= 0.3 is 5.97 Å². The lowest BCUT2D eigenvalue weighted by atomic mass is 10.3. The largest absolute Gasteiger partial charge is 0.480 e. The minimum Gasteiger partial charge on any atom is -0.480 e. The molecular formula is C6H13NO5S2. The van der Waals surface area contributed by atoms with E-state index >= 15 is 0 Å². The Morgan fingerprint density at radius 1 is 1.57 bits per heavy atom. The highest BCUT2D eigenvalue weighted by Crippen LogP contribution is 2.02. The van der Waals surface area contributed by atoms with E-state index < -0.39 is 27.5 Å². The Morgan fingerprint density at radius 2 is 2.07 bits per heavy atom. The molecule has 0 aliphatic rings. The molecule has 14 heavy (non-hydrogen) atoms. The Kier molecular flexibility index (Phi) is 5.42. The minimum absolute atomic E-state index is 0.0542. The van der Waals surface area contributed by atoms with Gasteiger partial charge in [0.15, 0.2) is 0 Å². The number of nitrogens with one attached hydrogen (secondary N) is 1. The lowest BCUT2D eigenvalue weighted by Gasteiger charge is -2.18. The molecule has 0 aliphatic heterocycles. The van der Waals surface area contributed by atoms with Gasteiger partial charge in [-0.2, -0.15) is 21.0 Å². The van der Waals surface area contributed by atoms with E-state index in [9.17, 15) is 13.2 Å². The lowest BCUT2D eigenvalue weighted by molar-refractivity contribution is -0.138. The third-order valence-electron chi connectivity index (χ3n) is 1.60. The number of carboxylic acids is 1. The van der Waals surface area contributed by atoms with Crippen molar-refractivity contribution in [1.29, 1.82) is 0 Å². The van der Waals surface area contributed by atoms with Crippen molar-refractivity contribution < 1.29 is 22.9 Å². The molecule has 0 aromatic heterocycles. The Morgan fingerprint density at radius 3 is 2.29 bits per heavy atom. The second-order valence-corrected chi connectivity index (χ2v) is 4.62. The Hall–Kier alpha value is -0.310. The van der Waals surface area contributed by atoms with Gasteiger partial charge in [-0.05, 0) is 6.42 Å². The first kappa shape index (κ1) is 13.7. The van der Waals surface area contributed by atoms with E-state index in [1.807, 2.05) is 0 Å². The molecule has 0 saturated heterocycles. The number of aliphatic carboxylic acids is 1. The van der Waals surface area contributed by atoms with Gasteiger partial charge in [0, 0.05) is 5.75 Å². The van der Waals surface area contributed by atoms with E-state index in [0.29, 0.717) is 0 Å². The van der Waals surface area contributed by atoms with Crippen LogP contribution < -0.4 is 5.32 Å². The SMILES string of the molecule is CCC(N[C@@H](CS)C(=O)O)S(=O)(=O)O. The van der Waals surface area contributed by atoms with Gasteiger partial charge in [0.2, 0.25) is 0 Å². The van der Waals surface area contributed by atoms with Crippen LogP contribution >= 0.6 is 12.6 Å². The summed E-state index contributed by atoms with van der Waals surface area (Å²) in [5.74, 6) is -1.26. The molecule has 0 fully saturated rings. The summed E-state index contributed by atoms with van der Waals surface area (Å²) in [6.45, 7) is 1.52. The van der Waals surface area contributed by atoms with Gasteiger partial charge in [0.25, 0.3) is 10.1 Å².